The topological polar surface area (TPSA) is 70.7 Å². The fourth-order valence-corrected chi connectivity index (χ4v) is 2.34. The van der Waals surface area contributed by atoms with Crippen LogP contribution in [-0.2, 0) is 6.42 Å². The molecule has 1 aromatic heterocycles. The highest BCUT2D eigenvalue weighted by molar-refractivity contribution is 6.30. The van der Waals surface area contributed by atoms with Crippen molar-refractivity contribution in [1.29, 1.82) is 0 Å². The van der Waals surface area contributed by atoms with Gasteiger partial charge in [-0.25, -0.2) is 13.8 Å². The number of nitrogens with zero attached hydrogens (tertiary/aromatic N) is 2. The molecule has 1 amide bonds. The number of H-pyrrole nitrogens is 1. The molecule has 3 rings (SSSR count). The van der Waals surface area contributed by atoms with E-state index in [1.807, 2.05) is 0 Å². The summed E-state index contributed by atoms with van der Waals surface area (Å²) in [6.07, 6.45) is 0.393. The molecule has 25 heavy (non-hydrogen) atoms. The van der Waals surface area contributed by atoms with Crippen molar-refractivity contribution in [2.75, 3.05) is 6.54 Å². The minimum absolute atomic E-state index is 0.0723. The number of carbonyl (C=O) groups is 1. The van der Waals surface area contributed by atoms with Gasteiger partial charge < -0.3 is 5.32 Å². The van der Waals surface area contributed by atoms with Crippen LogP contribution in [0.25, 0.3) is 11.4 Å². The maximum absolute atomic E-state index is 13.1. The van der Waals surface area contributed by atoms with Crippen LogP contribution in [0.2, 0.25) is 5.02 Å². The SMILES string of the molecule is O=C(NCCc1nc(-c2ccc(Cl)cc2)n[nH]1)c1cc(F)cc(F)c1. The van der Waals surface area contributed by atoms with Crippen molar-refractivity contribution >= 4 is 17.5 Å². The van der Waals surface area contributed by atoms with Gasteiger partial charge in [0.1, 0.15) is 17.5 Å². The molecule has 5 nitrogen and oxygen atoms in total. The molecule has 0 aliphatic rings. The summed E-state index contributed by atoms with van der Waals surface area (Å²) in [6, 6.07) is 9.75. The van der Waals surface area contributed by atoms with Crippen molar-refractivity contribution < 1.29 is 13.6 Å². The summed E-state index contributed by atoms with van der Waals surface area (Å²) in [6.45, 7) is 0.242. The van der Waals surface area contributed by atoms with Crippen LogP contribution in [0.1, 0.15) is 16.2 Å². The molecule has 0 fully saturated rings. The Kier molecular flexibility index (Phi) is 5.04. The number of hydrogen-bond donors (Lipinski definition) is 2. The van der Waals surface area contributed by atoms with Gasteiger partial charge in [0, 0.05) is 35.2 Å². The van der Waals surface area contributed by atoms with Crippen LogP contribution >= 0.6 is 11.6 Å². The van der Waals surface area contributed by atoms with Crippen molar-refractivity contribution in [1.82, 2.24) is 20.5 Å². The molecule has 0 radical (unpaired) electrons. The molecule has 0 aliphatic heterocycles. The summed E-state index contributed by atoms with van der Waals surface area (Å²) in [5, 5.41) is 10.1. The second-order valence-electron chi connectivity index (χ2n) is 5.28. The molecule has 0 unspecified atom stereocenters. The van der Waals surface area contributed by atoms with Gasteiger partial charge in [-0.15, -0.1) is 0 Å². The molecule has 3 aromatic rings. The second-order valence-corrected chi connectivity index (χ2v) is 5.71. The van der Waals surface area contributed by atoms with E-state index in [1.54, 1.807) is 24.3 Å². The molecule has 2 aromatic carbocycles. The summed E-state index contributed by atoms with van der Waals surface area (Å²) in [7, 11) is 0. The van der Waals surface area contributed by atoms with Crippen LogP contribution in [0.5, 0.6) is 0 Å². The van der Waals surface area contributed by atoms with E-state index in [2.05, 4.69) is 20.5 Å². The van der Waals surface area contributed by atoms with E-state index in [0.29, 0.717) is 29.2 Å². The Balaban J connectivity index is 1.57. The Bertz CT molecular complexity index is 876. The molecule has 1 heterocycles. The highest BCUT2D eigenvalue weighted by atomic mass is 35.5. The molecular formula is C17H13ClF2N4O. The van der Waals surface area contributed by atoms with Crippen LogP contribution in [0, 0.1) is 11.6 Å². The van der Waals surface area contributed by atoms with Gasteiger partial charge in [-0.3, -0.25) is 9.89 Å². The standard InChI is InChI=1S/C17H13ClF2N4O/c18-12-3-1-10(2-4-12)16-22-15(23-24-16)5-6-21-17(25)11-7-13(19)9-14(20)8-11/h1-4,7-9H,5-6H2,(H,21,25)(H,22,23,24). The molecule has 0 aliphatic carbocycles. The molecular weight excluding hydrogens is 350 g/mol. The van der Waals surface area contributed by atoms with Crippen LogP contribution in [0.15, 0.2) is 42.5 Å². The normalized spacial score (nSPS) is 10.7. The monoisotopic (exact) mass is 362 g/mol. The number of aromatic nitrogens is 3. The number of rotatable bonds is 5. The number of aromatic amines is 1. The Morgan fingerprint density at radius 1 is 1.12 bits per heavy atom. The summed E-state index contributed by atoms with van der Waals surface area (Å²) in [4.78, 5) is 16.2. The van der Waals surface area contributed by atoms with Crippen molar-refractivity contribution in [2.24, 2.45) is 0 Å². The lowest BCUT2D eigenvalue weighted by molar-refractivity contribution is 0.0953. The average Bonchev–Trinajstić information content (AvgIpc) is 3.03. The first kappa shape index (κ1) is 17.0. The lowest BCUT2D eigenvalue weighted by atomic mass is 10.2. The Morgan fingerprint density at radius 2 is 1.80 bits per heavy atom. The number of hydrogen-bond acceptors (Lipinski definition) is 3. The maximum atomic E-state index is 13.1. The van der Waals surface area contributed by atoms with Crippen molar-refractivity contribution in [3.05, 3.63) is 70.5 Å². The van der Waals surface area contributed by atoms with E-state index in [1.165, 1.54) is 0 Å². The zero-order valence-electron chi connectivity index (χ0n) is 12.9. The van der Waals surface area contributed by atoms with E-state index in [9.17, 15) is 13.6 Å². The van der Waals surface area contributed by atoms with Crippen molar-refractivity contribution in [3.8, 4) is 11.4 Å². The van der Waals surface area contributed by atoms with Crippen LogP contribution in [-0.4, -0.2) is 27.6 Å². The third-order valence-electron chi connectivity index (χ3n) is 3.41. The number of nitrogens with one attached hydrogen (secondary N) is 2. The maximum Gasteiger partial charge on any atom is 0.251 e. The van der Waals surface area contributed by atoms with Crippen LogP contribution in [0.4, 0.5) is 8.78 Å². The quantitative estimate of drug-likeness (QED) is 0.731. The van der Waals surface area contributed by atoms with Gasteiger partial charge >= 0.3 is 0 Å². The summed E-state index contributed by atoms with van der Waals surface area (Å²) in [5.41, 5.74) is 0.739. The molecule has 0 saturated carbocycles. The number of carbonyl (C=O) groups excluding carboxylic acids is 1. The fourth-order valence-electron chi connectivity index (χ4n) is 2.22. The van der Waals surface area contributed by atoms with Gasteiger partial charge in [-0.05, 0) is 36.4 Å². The molecule has 8 heteroatoms. The van der Waals surface area contributed by atoms with E-state index in [4.69, 9.17) is 11.6 Å². The molecule has 2 N–H and O–H groups in total. The molecule has 0 spiro atoms. The first-order valence-electron chi connectivity index (χ1n) is 7.43. The van der Waals surface area contributed by atoms with Crippen molar-refractivity contribution in [2.45, 2.75) is 6.42 Å². The minimum Gasteiger partial charge on any atom is -0.352 e. The van der Waals surface area contributed by atoms with E-state index in [-0.39, 0.29) is 12.1 Å². The molecule has 0 saturated heterocycles. The van der Waals surface area contributed by atoms with Crippen LogP contribution < -0.4 is 5.32 Å². The molecule has 0 bridgehead atoms. The Hall–Kier alpha value is -2.80. The predicted octanol–water partition coefficient (Wildman–Crippen LogP) is 3.38. The number of benzene rings is 2. The molecule has 0 atom stereocenters. The Labute approximate surface area is 147 Å². The van der Waals surface area contributed by atoms with E-state index >= 15 is 0 Å². The van der Waals surface area contributed by atoms with Gasteiger partial charge in [0.15, 0.2) is 5.82 Å². The first-order valence-corrected chi connectivity index (χ1v) is 7.80. The highest BCUT2D eigenvalue weighted by Gasteiger charge is 2.10. The van der Waals surface area contributed by atoms with Gasteiger partial charge in [0.2, 0.25) is 0 Å². The number of halogens is 3. The third kappa shape index (κ3) is 4.39. The predicted molar refractivity (Wildman–Crippen MR) is 89.2 cm³/mol. The second kappa shape index (κ2) is 7.40. The summed E-state index contributed by atoms with van der Waals surface area (Å²) >= 11 is 5.84. The number of amides is 1. The zero-order chi connectivity index (χ0) is 17.8. The average molecular weight is 363 g/mol. The molecule has 128 valence electrons. The first-order chi connectivity index (χ1) is 12.0. The van der Waals surface area contributed by atoms with E-state index < -0.39 is 17.5 Å². The van der Waals surface area contributed by atoms with Gasteiger partial charge in [0.25, 0.3) is 5.91 Å². The largest absolute Gasteiger partial charge is 0.352 e. The summed E-state index contributed by atoms with van der Waals surface area (Å²) in [5.74, 6) is -1.06. The summed E-state index contributed by atoms with van der Waals surface area (Å²) < 4.78 is 26.2. The fraction of sp³-hybridized carbons (Fsp3) is 0.118. The minimum atomic E-state index is -0.798. The lowest BCUT2D eigenvalue weighted by Gasteiger charge is -2.04. The third-order valence-corrected chi connectivity index (χ3v) is 3.66. The van der Waals surface area contributed by atoms with Crippen molar-refractivity contribution in [3.63, 3.8) is 0 Å². The smallest absolute Gasteiger partial charge is 0.251 e. The van der Waals surface area contributed by atoms with E-state index in [0.717, 1.165) is 17.7 Å². The van der Waals surface area contributed by atoms with Gasteiger partial charge in [-0.2, -0.15) is 5.10 Å². The Morgan fingerprint density at radius 3 is 2.48 bits per heavy atom. The van der Waals surface area contributed by atoms with Gasteiger partial charge in [0.05, 0.1) is 0 Å². The zero-order valence-corrected chi connectivity index (χ0v) is 13.6. The lowest BCUT2D eigenvalue weighted by Crippen LogP contribution is -2.26. The van der Waals surface area contributed by atoms with Gasteiger partial charge in [-0.1, -0.05) is 11.6 Å². The van der Waals surface area contributed by atoms with Crippen LogP contribution in [0.3, 0.4) is 0 Å². The highest BCUT2D eigenvalue weighted by Crippen LogP contribution is 2.17.